The standard InChI is InChI=1S/C32H36N2O7/c1-20-9-7-8-10-22(20)19-41-24-13-11-21(12-14-24)29(35)27-28(34(16-15-33(2)3)32(37)30(27)36)23-17-25(38-4)31(40-6)26(18-23)39-5/h7-14,17-18,28,35H,15-16,19H2,1-6H3. The number of benzene rings is 3. The van der Waals surface area contributed by atoms with Crippen molar-refractivity contribution in [2.24, 2.45) is 0 Å². The molecule has 0 aliphatic carbocycles. The van der Waals surface area contributed by atoms with Crippen molar-refractivity contribution in [1.82, 2.24) is 4.90 Å². The van der Waals surface area contributed by atoms with E-state index in [0.717, 1.165) is 16.0 Å². The van der Waals surface area contributed by atoms with E-state index >= 15 is 0 Å². The van der Waals surface area contributed by atoms with Crippen LogP contribution < -0.4 is 29.0 Å². The minimum Gasteiger partial charge on any atom is -0.872 e. The number of carbonyl (C=O) groups excluding carboxylic acids is 2. The second-order valence-electron chi connectivity index (χ2n) is 10.1. The van der Waals surface area contributed by atoms with Crippen molar-refractivity contribution >= 4 is 17.4 Å². The van der Waals surface area contributed by atoms with Crippen LogP contribution in [0.2, 0.25) is 0 Å². The van der Waals surface area contributed by atoms with Gasteiger partial charge in [-0.2, -0.15) is 0 Å². The first-order valence-corrected chi connectivity index (χ1v) is 13.3. The van der Waals surface area contributed by atoms with Crippen molar-refractivity contribution in [1.29, 1.82) is 0 Å². The molecule has 1 aliphatic rings. The summed E-state index contributed by atoms with van der Waals surface area (Å²) in [7, 11) is 8.37. The summed E-state index contributed by atoms with van der Waals surface area (Å²) in [6.07, 6.45) is 0. The van der Waals surface area contributed by atoms with Gasteiger partial charge in [-0.3, -0.25) is 9.59 Å². The lowest BCUT2D eigenvalue weighted by atomic mass is 9.94. The second kappa shape index (κ2) is 12.8. The fraction of sp³-hybridized carbons (Fsp3) is 0.312. The molecule has 4 rings (SSSR count). The fourth-order valence-electron chi connectivity index (χ4n) is 4.84. The van der Waals surface area contributed by atoms with E-state index in [0.29, 0.717) is 41.7 Å². The topological polar surface area (TPSA) is 102 Å². The fourth-order valence-corrected chi connectivity index (χ4v) is 4.84. The first kappa shape index (κ1) is 29.5. The van der Waals surface area contributed by atoms with E-state index in [1.54, 1.807) is 36.4 Å². The normalized spacial score (nSPS) is 16.3. The molecule has 0 spiro atoms. The number of aryl methyl sites for hydroxylation is 1. The highest BCUT2D eigenvalue weighted by atomic mass is 16.5. The van der Waals surface area contributed by atoms with Crippen LogP contribution in [0.15, 0.2) is 66.2 Å². The maximum Gasteiger partial charge on any atom is 0.295 e. The number of ketones is 1. The molecule has 1 atom stereocenters. The Morgan fingerprint density at radius 2 is 1.56 bits per heavy atom. The minimum absolute atomic E-state index is 0.119. The zero-order valence-electron chi connectivity index (χ0n) is 24.3. The lowest BCUT2D eigenvalue weighted by Gasteiger charge is -2.28. The van der Waals surface area contributed by atoms with Crippen LogP contribution in [-0.2, 0) is 16.2 Å². The summed E-state index contributed by atoms with van der Waals surface area (Å²) in [5.74, 6) is -0.392. The Morgan fingerprint density at radius 3 is 2.12 bits per heavy atom. The van der Waals surface area contributed by atoms with E-state index in [1.807, 2.05) is 45.3 Å². The third-order valence-corrected chi connectivity index (χ3v) is 7.16. The van der Waals surface area contributed by atoms with Crippen molar-refractivity contribution in [2.45, 2.75) is 19.6 Å². The zero-order chi connectivity index (χ0) is 29.7. The van der Waals surface area contributed by atoms with Crippen LogP contribution in [0.3, 0.4) is 0 Å². The van der Waals surface area contributed by atoms with Crippen LogP contribution in [0.5, 0.6) is 23.0 Å². The Bertz CT molecular complexity index is 1420. The predicted molar refractivity (Wildman–Crippen MR) is 152 cm³/mol. The molecular weight excluding hydrogens is 524 g/mol. The van der Waals surface area contributed by atoms with Crippen molar-refractivity contribution < 1.29 is 38.5 Å². The molecule has 3 aromatic carbocycles. The van der Waals surface area contributed by atoms with Gasteiger partial charge in [0.2, 0.25) is 11.5 Å². The third kappa shape index (κ3) is 6.15. The van der Waals surface area contributed by atoms with E-state index in [4.69, 9.17) is 18.9 Å². The van der Waals surface area contributed by atoms with Crippen molar-refractivity contribution in [3.05, 3.63) is 88.5 Å². The van der Waals surface area contributed by atoms with Gasteiger partial charge in [-0.25, -0.2) is 0 Å². The van der Waals surface area contributed by atoms with E-state index in [2.05, 4.69) is 0 Å². The van der Waals surface area contributed by atoms with Gasteiger partial charge < -0.3 is 33.9 Å². The number of methoxy groups -OCH3 is 3. The number of nitrogens with zero attached hydrogens (tertiary/aromatic N) is 1. The Hall–Kier alpha value is -4.50. The van der Waals surface area contributed by atoms with E-state index < -0.39 is 23.5 Å². The summed E-state index contributed by atoms with van der Waals surface area (Å²) in [4.78, 5) is 29.2. The molecule has 9 heteroatoms. The summed E-state index contributed by atoms with van der Waals surface area (Å²) < 4.78 is 22.4. The molecule has 1 saturated heterocycles. The van der Waals surface area contributed by atoms with Gasteiger partial charge in [0.15, 0.2) is 11.5 Å². The quantitative estimate of drug-likeness (QED) is 0.217. The highest BCUT2D eigenvalue weighted by molar-refractivity contribution is 6.46. The van der Waals surface area contributed by atoms with Crippen LogP contribution in [0.1, 0.15) is 28.3 Å². The Labute approximate surface area is 240 Å². The number of likely N-dealkylation sites (tertiary alicyclic amines) is 1. The van der Waals surface area contributed by atoms with Crippen molar-refractivity contribution in [3.8, 4) is 23.0 Å². The smallest absolute Gasteiger partial charge is 0.295 e. The number of hydrogen-bond acceptors (Lipinski definition) is 7. The first-order chi connectivity index (χ1) is 19.7. The predicted octanol–water partition coefficient (Wildman–Crippen LogP) is 1.97. The molecular formula is C32H36N2O7. The van der Waals surface area contributed by atoms with Crippen molar-refractivity contribution in [3.63, 3.8) is 0 Å². The molecule has 0 saturated carbocycles. The second-order valence-corrected chi connectivity index (χ2v) is 10.1. The molecule has 1 unspecified atom stereocenters. The van der Waals surface area contributed by atoms with Gasteiger partial charge in [0.1, 0.15) is 12.4 Å². The van der Waals surface area contributed by atoms with Crippen LogP contribution >= 0.6 is 0 Å². The molecule has 1 amide bonds. The maximum atomic E-state index is 13.9. The number of rotatable bonds is 11. The number of amides is 1. The maximum absolute atomic E-state index is 13.9. The van der Waals surface area contributed by atoms with Crippen LogP contribution in [0.4, 0.5) is 0 Å². The summed E-state index contributed by atoms with van der Waals surface area (Å²) >= 11 is 0. The van der Waals surface area contributed by atoms with Crippen LogP contribution in [0.25, 0.3) is 5.76 Å². The van der Waals surface area contributed by atoms with Gasteiger partial charge in [0.25, 0.3) is 5.91 Å². The Morgan fingerprint density at radius 1 is 0.927 bits per heavy atom. The SMILES string of the molecule is COc1cc(C2C(=C([O-])c3ccc(OCc4ccccc4C)cc3)C(=O)C(=O)N2CC[NH+](C)C)cc(OC)c1OC. The number of Topliss-reactive ketones (excluding diaryl/α,β-unsaturated/α-hetero) is 1. The first-order valence-electron chi connectivity index (χ1n) is 13.3. The number of nitrogens with one attached hydrogen (secondary N) is 1. The summed E-state index contributed by atoms with van der Waals surface area (Å²) in [5, 5.41) is 13.9. The number of carbonyl (C=O) groups is 2. The van der Waals surface area contributed by atoms with Crippen LogP contribution in [-0.4, -0.2) is 65.1 Å². The third-order valence-electron chi connectivity index (χ3n) is 7.16. The molecule has 41 heavy (non-hydrogen) atoms. The molecule has 3 aromatic rings. The van der Waals surface area contributed by atoms with E-state index in [-0.39, 0.29) is 17.7 Å². The van der Waals surface area contributed by atoms with Crippen molar-refractivity contribution in [2.75, 3.05) is 48.5 Å². The van der Waals surface area contributed by atoms with Crippen LogP contribution in [0, 0.1) is 6.92 Å². The molecule has 9 nitrogen and oxygen atoms in total. The van der Waals surface area contributed by atoms with E-state index in [1.165, 1.54) is 26.2 Å². The molecule has 1 fully saturated rings. The highest BCUT2D eigenvalue weighted by Gasteiger charge is 2.45. The number of ether oxygens (including phenoxy) is 4. The summed E-state index contributed by atoms with van der Waals surface area (Å²) in [5.41, 5.74) is 2.85. The van der Waals surface area contributed by atoms with Gasteiger partial charge in [-0.1, -0.05) is 42.2 Å². The molecule has 216 valence electrons. The molecule has 0 aromatic heterocycles. The number of quaternary nitrogens is 1. The largest absolute Gasteiger partial charge is 0.872 e. The highest BCUT2D eigenvalue weighted by Crippen LogP contribution is 2.45. The van der Waals surface area contributed by atoms with Gasteiger partial charge in [0, 0.05) is 5.57 Å². The van der Waals surface area contributed by atoms with Gasteiger partial charge in [0.05, 0.1) is 54.6 Å². The molecule has 0 bridgehead atoms. The summed E-state index contributed by atoms with van der Waals surface area (Å²) in [6, 6.07) is 17.0. The van der Waals surface area contributed by atoms with E-state index in [9.17, 15) is 14.7 Å². The average Bonchev–Trinajstić information content (AvgIpc) is 3.23. The van der Waals surface area contributed by atoms with Gasteiger partial charge in [-0.05, 0) is 53.4 Å². The minimum atomic E-state index is -0.924. The lowest BCUT2D eigenvalue weighted by Crippen LogP contribution is -3.06. The monoisotopic (exact) mass is 560 g/mol. The van der Waals surface area contributed by atoms with Gasteiger partial charge >= 0.3 is 0 Å². The number of hydrogen-bond donors (Lipinski definition) is 1. The molecule has 1 aliphatic heterocycles. The number of likely N-dealkylation sites (N-methyl/N-ethyl adjacent to an activating group) is 1. The Kier molecular flexibility index (Phi) is 9.19. The van der Waals surface area contributed by atoms with Gasteiger partial charge in [-0.15, -0.1) is 0 Å². The Balaban J connectivity index is 1.74. The molecule has 1 heterocycles. The zero-order valence-corrected chi connectivity index (χ0v) is 24.3. The lowest BCUT2D eigenvalue weighted by molar-refractivity contribution is -0.857. The molecule has 0 radical (unpaired) electrons. The summed E-state index contributed by atoms with van der Waals surface area (Å²) in [6.45, 7) is 3.26. The average molecular weight is 561 g/mol. The molecule has 1 N–H and O–H groups in total.